The van der Waals surface area contributed by atoms with Gasteiger partial charge in [0.05, 0.1) is 10.8 Å². The number of carboxylic acid groups (broad SMARTS) is 1. The lowest BCUT2D eigenvalue weighted by atomic mass is 9.92. The minimum absolute atomic E-state index is 0.0994. The Morgan fingerprint density at radius 2 is 1.59 bits per heavy atom. The molecular weight excluding hydrogens is 516 g/mol. The van der Waals surface area contributed by atoms with E-state index < -0.39 is 28.0 Å². The largest absolute Gasteiger partial charge is 0.481 e. The number of benzene rings is 2. The summed E-state index contributed by atoms with van der Waals surface area (Å²) in [5.74, 6) is -1.96. The predicted molar refractivity (Wildman–Crippen MR) is 140 cm³/mol. The number of carboxylic acids is 1. The third-order valence-electron chi connectivity index (χ3n) is 5.89. The molecule has 0 saturated heterocycles. The van der Waals surface area contributed by atoms with Crippen molar-refractivity contribution in [1.82, 2.24) is 9.62 Å². The molecule has 0 fully saturated rings. The van der Waals surface area contributed by atoms with Crippen LogP contribution in [0.4, 0.5) is 0 Å². The van der Waals surface area contributed by atoms with Crippen LogP contribution in [-0.2, 0) is 14.8 Å². The Kier molecular flexibility index (Phi) is 12.2. The van der Waals surface area contributed by atoms with Crippen LogP contribution in [0.25, 0.3) is 0 Å². The van der Waals surface area contributed by atoms with Crippen LogP contribution in [-0.4, -0.2) is 43.4 Å². The number of nitrogens with one attached hydrogen (secondary N) is 1. The lowest BCUT2D eigenvalue weighted by Crippen LogP contribution is -2.44. The van der Waals surface area contributed by atoms with Crippen LogP contribution in [0.5, 0.6) is 0 Å². The van der Waals surface area contributed by atoms with Gasteiger partial charge in [-0.3, -0.25) is 4.79 Å². The summed E-state index contributed by atoms with van der Waals surface area (Å²) in [4.78, 5) is 12.7. The fourth-order valence-electron chi connectivity index (χ4n) is 3.93. The second kappa shape index (κ2) is 14.6. The van der Waals surface area contributed by atoms with Gasteiger partial charge >= 0.3 is 5.97 Å². The summed E-state index contributed by atoms with van der Waals surface area (Å²) in [6.07, 6.45) is 5.54. The number of unbranched alkanes of at least 4 members (excludes halogenated alkanes) is 4. The molecule has 2 aromatic carbocycles. The molecule has 34 heavy (non-hydrogen) atoms. The minimum Gasteiger partial charge on any atom is -0.481 e. The minimum atomic E-state index is -3.83. The Labute approximate surface area is 212 Å². The lowest BCUT2D eigenvalue weighted by molar-refractivity contribution is -0.143. The molecule has 2 rings (SSSR count). The van der Waals surface area contributed by atoms with Gasteiger partial charge in [-0.2, -0.15) is 4.31 Å². The first-order valence-corrected chi connectivity index (χ1v) is 14.3. The molecule has 0 amide bonds. The van der Waals surface area contributed by atoms with E-state index in [1.54, 1.807) is 30.3 Å². The van der Waals surface area contributed by atoms with E-state index in [1.807, 2.05) is 24.3 Å². The Hall–Kier alpha value is -1.74. The van der Waals surface area contributed by atoms with Crippen LogP contribution in [0, 0.1) is 5.92 Å². The van der Waals surface area contributed by atoms with E-state index in [1.165, 1.54) is 4.31 Å². The molecule has 0 aromatic heterocycles. The first kappa shape index (κ1) is 28.5. The Morgan fingerprint density at radius 1 is 0.971 bits per heavy atom. The van der Waals surface area contributed by atoms with Crippen molar-refractivity contribution < 1.29 is 18.3 Å². The Morgan fingerprint density at radius 3 is 2.18 bits per heavy atom. The van der Waals surface area contributed by atoms with E-state index in [4.69, 9.17) is 0 Å². The number of sulfonamides is 1. The van der Waals surface area contributed by atoms with Gasteiger partial charge in [-0.15, -0.1) is 0 Å². The maximum atomic E-state index is 13.5. The zero-order valence-corrected chi connectivity index (χ0v) is 22.5. The second-order valence-corrected chi connectivity index (χ2v) is 11.4. The molecule has 2 atom stereocenters. The smallest absolute Gasteiger partial charge is 0.309 e. The molecule has 0 aliphatic carbocycles. The lowest BCUT2D eigenvalue weighted by Gasteiger charge is -2.31. The Bertz CT molecular complexity index is 968. The second-order valence-electron chi connectivity index (χ2n) is 8.52. The van der Waals surface area contributed by atoms with Crippen molar-refractivity contribution in [3.05, 3.63) is 64.6 Å². The van der Waals surface area contributed by atoms with Crippen molar-refractivity contribution in [2.75, 3.05) is 19.6 Å². The molecular formula is C26H37BrN2O4S. The summed E-state index contributed by atoms with van der Waals surface area (Å²) in [5.41, 5.74) is 0.831. The monoisotopic (exact) mass is 552 g/mol. The summed E-state index contributed by atoms with van der Waals surface area (Å²) >= 11 is 3.44. The standard InChI is InChI=1S/C26H37BrN2O4S/c1-3-5-10-18-28-25(21-14-16-22(27)17-15-21)24(26(30)31)20-29(19-11-6-4-2)34(32,33)23-12-8-7-9-13-23/h7-9,12-17,24-25,28H,3-6,10-11,18-20H2,1-2H3,(H,30,31). The molecule has 0 saturated carbocycles. The van der Waals surface area contributed by atoms with E-state index in [2.05, 4.69) is 35.1 Å². The highest BCUT2D eigenvalue weighted by molar-refractivity contribution is 9.10. The van der Waals surface area contributed by atoms with Crippen molar-refractivity contribution in [3.63, 3.8) is 0 Å². The highest BCUT2D eigenvalue weighted by Gasteiger charge is 2.35. The number of carbonyl (C=O) groups is 1. The third-order valence-corrected chi connectivity index (χ3v) is 8.29. The van der Waals surface area contributed by atoms with Gasteiger partial charge < -0.3 is 10.4 Å². The normalized spacial score (nSPS) is 13.6. The van der Waals surface area contributed by atoms with E-state index in [9.17, 15) is 18.3 Å². The molecule has 188 valence electrons. The number of aliphatic carboxylic acids is 1. The van der Waals surface area contributed by atoms with Gasteiger partial charge in [0.1, 0.15) is 0 Å². The fourth-order valence-corrected chi connectivity index (χ4v) is 5.72. The summed E-state index contributed by atoms with van der Waals surface area (Å²) in [6, 6.07) is 15.3. The number of hydrogen-bond donors (Lipinski definition) is 2. The maximum Gasteiger partial charge on any atom is 0.309 e. The number of halogens is 1. The fraction of sp³-hybridized carbons (Fsp3) is 0.500. The van der Waals surface area contributed by atoms with E-state index in [-0.39, 0.29) is 18.0 Å². The van der Waals surface area contributed by atoms with Crippen LogP contribution in [0.3, 0.4) is 0 Å². The molecule has 2 unspecified atom stereocenters. The van der Waals surface area contributed by atoms with Crippen molar-refractivity contribution >= 4 is 31.9 Å². The summed E-state index contributed by atoms with van der Waals surface area (Å²) in [7, 11) is -3.83. The number of hydrogen-bond acceptors (Lipinski definition) is 4. The molecule has 6 nitrogen and oxygen atoms in total. The van der Waals surface area contributed by atoms with Gasteiger partial charge in [0, 0.05) is 23.6 Å². The molecule has 0 aliphatic rings. The van der Waals surface area contributed by atoms with Crippen LogP contribution in [0.2, 0.25) is 0 Å². The molecule has 2 aromatic rings. The quantitative estimate of drug-likeness (QED) is 0.255. The molecule has 0 radical (unpaired) electrons. The van der Waals surface area contributed by atoms with E-state index in [0.29, 0.717) is 13.0 Å². The SMILES string of the molecule is CCCCCNC(c1ccc(Br)cc1)C(CN(CCCCC)S(=O)(=O)c1ccccc1)C(=O)O. The van der Waals surface area contributed by atoms with Crippen molar-refractivity contribution in [2.24, 2.45) is 5.92 Å². The van der Waals surface area contributed by atoms with Crippen molar-refractivity contribution in [2.45, 2.75) is 63.3 Å². The van der Waals surface area contributed by atoms with Crippen LogP contribution in [0.1, 0.15) is 64.0 Å². The topological polar surface area (TPSA) is 86.7 Å². The zero-order valence-electron chi connectivity index (χ0n) is 20.1. The zero-order chi connectivity index (χ0) is 25.0. The molecule has 0 bridgehead atoms. The summed E-state index contributed by atoms with van der Waals surface area (Å²) in [5, 5.41) is 13.7. The van der Waals surface area contributed by atoms with E-state index >= 15 is 0 Å². The molecule has 0 aliphatic heterocycles. The average Bonchev–Trinajstić information content (AvgIpc) is 2.83. The van der Waals surface area contributed by atoms with Crippen LogP contribution in [0.15, 0.2) is 64.0 Å². The van der Waals surface area contributed by atoms with E-state index in [0.717, 1.165) is 42.1 Å². The van der Waals surface area contributed by atoms with Gasteiger partial charge in [-0.25, -0.2) is 8.42 Å². The maximum absolute atomic E-state index is 13.5. The Balaban J connectivity index is 2.39. The van der Waals surface area contributed by atoms with Gasteiger partial charge in [0.2, 0.25) is 10.0 Å². The van der Waals surface area contributed by atoms with Gasteiger partial charge in [0.25, 0.3) is 0 Å². The predicted octanol–water partition coefficient (Wildman–Crippen LogP) is 5.85. The van der Waals surface area contributed by atoms with Gasteiger partial charge in [0.15, 0.2) is 0 Å². The van der Waals surface area contributed by atoms with Crippen LogP contribution >= 0.6 is 15.9 Å². The highest BCUT2D eigenvalue weighted by Crippen LogP contribution is 2.28. The average molecular weight is 554 g/mol. The third kappa shape index (κ3) is 8.48. The first-order chi connectivity index (χ1) is 16.3. The summed E-state index contributed by atoms with van der Waals surface area (Å²) < 4.78 is 29.2. The van der Waals surface area contributed by atoms with Crippen molar-refractivity contribution in [3.8, 4) is 0 Å². The number of nitrogens with zero attached hydrogens (tertiary/aromatic N) is 1. The van der Waals surface area contributed by atoms with Crippen molar-refractivity contribution in [1.29, 1.82) is 0 Å². The van der Waals surface area contributed by atoms with Gasteiger partial charge in [-0.05, 0) is 49.2 Å². The van der Waals surface area contributed by atoms with Gasteiger partial charge in [-0.1, -0.05) is 85.8 Å². The molecule has 8 heteroatoms. The molecule has 0 spiro atoms. The first-order valence-electron chi connectivity index (χ1n) is 12.1. The highest BCUT2D eigenvalue weighted by atomic mass is 79.9. The number of rotatable bonds is 16. The summed E-state index contributed by atoms with van der Waals surface area (Å²) in [6.45, 7) is 5.03. The molecule has 0 heterocycles. The molecule has 2 N–H and O–H groups in total. The van der Waals surface area contributed by atoms with Crippen LogP contribution < -0.4 is 5.32 Å².